The van der Waals surface area contributed by atoms with Crippen LogP contribution in [0.2, 0.25) is 0 Å². The molecule has 25 heavy (non-hydrogen) atoms. The first-order valence-electron chi connectivity index (χ1n) is 8.30. The second-order valence-electron chi connectivity index (χ2n) is 6.69. The van der Waals surface area contributed by atoms with Gasteiger partial charge in [-0.3, -0.25) is 14.4 Å². The SMILES string of the molecule is CSCC[C@H](NC=O)C(=O)N[C@@H](CC(C)C)C(=O)NC1(C(=O)O)CC1. The number of hydrogen-bond acceptors (Lipinski definition) is 5. The Morgan fingerprint density at radius 3 is 2.28 bits per heavy atom. The van der Waals surface area contributed by atoms with Crippen molar-refractivity contribution in [3.63, 3.8) is 0 Å². The molecule has 3 amide bonds. The van der Waals surface area contributed by atoms with Crippen molar-refractivity contribution in [3.05, 3.63) is 0 Å². The average molecular weight is 373 g/mol. The number of aliphatic carboxylic acids is 1. The van der Waals surface area contributed by atoms with Crippen LogP contribution >= 0.6 is 11.8 Å². The molecule has 1 saturated carbocycles. The van der Waals surface area contributed by atoms with E-state index in [-0.39, 0.29) is 5.92 Å². The summed E-state index contributed by atoms with van der Waals surface area (Å²) in [4.78, 5) is 46.9. The van der Waals surface area contributed by atoms with E-state index in [0.717, 1.165) is 0 Å². The molecule has 0 radical (unpaired) electrons. The maximum Gasteiger partial charge on any atom is 0.329 e. The molecule has 0 aromatic carbocycles. The quantitative estimate of drug-likeness (QED) is 0.360. The molecule has 0 unspecified atom stereocenters. The molecule has 1 fully saturated rings. The van der Waals surface area contributed by atoms with Crippen molar-refractivity contribution in [2.75, 3.05) is 12.0 Å². The van der Waals surface area contributed by atoms with Gasteiger partial charge in [-0.1, -0.05) is 13.8 Å². The van der Waals surface area contributed by atoms with Crippen LogP contribution in [0.5, 0.6) is 0 Å². The van der Waals surface area contributed by atoms with Crippen LogP contribution in [0.4, 0.5) is 0 Å². The molecule has 9 heteroatoms. The minimum absolute atomic E-state index is 0.125. The molecule has 0 aromatic rings. The Labute approximate surface area is 151 Å². The molecule has 0 heterocycles. The Morgan fingerprint density at radius 1 is 1.20 bits per heavy atom. The fourth-order valence-corrected chi connectivity index (χ4v) is 2.89. The minimum atomic E-state index is -1.20. The van der Waals surface area contributed by atoms with Gasteiger partial charge in [0.05, 0.1) is 0 Å². The smallest absolute Gasteiger partial charge is 0.329 e. The van der Waals surface area contributed by atoms with E-state index in [9.17, 15) is 24.3 Å². The first-order chi connectivity index (χ1) is 11.8. The Bertz CT molecular complexity index is 508. The fourth-order valence-electron chi connectivity index (χ4n) is 2.42. The molecule has 1 aliphatic carbocycles. The van der Waals surface area contributed by atoms with Crippen molar-refractivity contribution in [3.8, 4) is 0 Å². The molecular weight excluding hydrogens is 346 g/mol. The number of carboxylic acids is 1. The largest absolute Gasteiger partial charge is 0.480 e. The van der Waals surface area contributed by atoms with E-state index >= 15 is 0 Å². The monoisotopic (exact) mass is 373 g/mol. The van der Waals surface area contributed by atoms with Gasteiger partial charge in [-0.2, -0.15) is 11.8 Å². The van der Waals surface area contributed by atoms with Gasteiger partial charge in [-0.15, -0.1) is 0 Å². The van der Waals surface area contributed by atoms with E-state index < -0.39 is 35.4 Å². The highest BCUT2D eigenvalue weighted by Gasteiger charge is 2.52. The number of amides is 3. The highest BCUT2D eigenvalue weighted by atomic mass is 32.2. The third kappa shape index (κ3) is 6.56. The van der Waals surface area contributed by atoms with E-state index in [4.69, 9.17) is 0 Å². The van der Waals surface area contributed by atoms with Crippen LogP contribution in [0.1, 0.15) is 39.5 Å². The molecule has 0 aromatic heterocycles. The lowest BCUT2D eigenvalue weighted by Crippen LogP contribution is -2.56. The van der Waals surface area contributed by atoms with Crippen LogP contribution in [0.15, 0.2) is 0 Å². The second kappa shape index (κ2) is 9.65. The molecule has 0 saturated heterocycles. The van der Waals surface area contributed by atoms with Crippen molar-refractivity contribution < 1.29 is 24.3 Å². The number of hydrogen-bond donors (Lipinski definition) is 4. The van der Waals surface area contributed by atoms with Crippen LogP contribution in [0.3, 0.4) is 0 Å². The molecule has 0 aliphatic heterocycles. The summed E-state index contributed by atoms with van der Waals surface area (Å²) < 4.78 is 0. The molecule has 0 spiro atoms. The van der Waals surface area contributed by atoms with Gasteiger partial charge in [-0.05, 0) is 43.6 Å². The van der Waals surface area contributed by atoms with Gasteiger partial charge in [0, 0.05) is 0 Å². The second-order valence-corrected chi connectivity index (χ2v) is 7.67. The summed E-state index contributed by atoms with van der Waals surface area (Å²) in [5.41, 5.74) is -1.20. The Kier molecular flexibility index (Phi) is 8.21. The summed E-state index contributed by atoms with van der Waals surface area (Å²) in [6.07, 6.45) is 3.96. The van der Waals surface area contributed by atoms with E-state index in [2.05, 4.69) is 16.0 Å². The zero-order valence-corrected chi connectivity index (χ0v) is 15.6. The van der Waals surface area contributed by atoms with Crippen LogP contribution in [-0.2, 0) is 19.2 Å². The van der Waals surface area contributed by atoms with Gasteiger partial charge in [-0.25, -0.2) is 4.79 Å². The first-order valence-corrected chi connectivity index (χ1v) is 9.69. The molecule has 142 valence electrons. The first kappa shape index (κ1) is 21.3. The highest BCUT2D eigenvalue weighted by Crippen LogP contribution is 2.35. The molecular formula is C16H27N3O5S. The summed E-state index contributed by atoms with van der Waals surface area (Å²) in [5.74, 6) is -1.20. The van der Waals surface area contributed by atoms with Crippen LogP contribution < -0.4 is 16.0 Å². The number of thioether (sulfide) groups is 1. The third-order valence-corrected chi connectivity index (χ3v) is 4.70. The average Bonchev–Trinajstić information content (AvgIpc) is 3.31. The maximum atomic E-state index is 12.5. The molecule has 2 atom stereocenters. The zero-order chi connectivity index (χ0) is 19.0. The van der Waals surface area contributed by atoms with Gasteiger partial charge >= 0.3 is 5.97 Å². The number of rotatable bonds is 12. The van der Waals surface area contributed by atoms with Crippen molar-refractivity contribution in [1.29, 1.82) is 0 Å². The van der Waals surface area contributed by atoms with E-state index in [0.29, 0.717) is 37.8 Å². The number of carboxylic acid groups (broad SMARTS) is 1. The molecule has 4 N–H and O–H groups in total. The maximum absolute atomic E-state index is 12.5. The van der Waals surface area contributed by atoms with Gasteiger partial charge in [0.1, 0.15) is 17.6 Å². The molecule has 8 nitrogen and oxygen atoms in total. The lowest BCUT2D eigenvalue weighted by molar-refractivity contribution is -0.143. The Morgan fingerprint density at radius 2 is 1.84 bits per heavy atom. The van der Waals surface area contributed by atoms with E-state index in [1.165, 1.54) is 0 Å². The summed E-state index contributed by atoms with van der Waals surface area (Å²) in [7, 11) is 0. The zero-order valence-electron chi connectivity index (χ0n) is 14.8. The number of carbonyl (C=O) groups excluding carboxylic acids is 3. The lowest BCUT2D eigenvalue weighted by atomic mass is 10.0. The summed E-state index contributed by atoms with van der Waals surface area (Å²) in [5, 5.41) is 16.9. The van der Waals surface area contributed by atoms with Crippen LogP contribution in [0.25, 0.3) is 0 Å². The minimum Gasteiger partial charge on any atom is -0.480 e. The Hall–Kier alpha value is -1.77. The van der Waals surface area contributed by atoms with Gasteiger partial charge in [0.2, 0.25) is 18.2 Å². The summed E-state index contributed by atoms with van der Waals surface area (Å²) in [6.45, 7) is 3.82. The topological polar surface area (TPSA) is 125 Å². The molecule has 0 bridgehead atoms. The number of carbonyl (C=O) groups is 4. The highest BCUT2D eigenvalue weighted by molar-refractivity contribution is 7.98. The van der Waals surface area contributed by atoms with E-state index in [1.54, 1.807) is 11.8 Å². The predicted octanol–water partition coefficient (Wildman–Crippen LogP) is 0.118. The Balaban J connectivity index is 2.76. The van der Waals surface area contributed by atoms with Gasteiger partial charge < -0.3 is 21.1 Å². The lowest BCUT2D eigenvalue weighted by Gasteiger charge is -2.24. The van der Waals surface area contributed by atoms with Crippen molar-refractivity contribution in [2.45, 2.75) is 57.2 Å². The number of nitrogens with one attached hydrogen (secondary N) is 3. The fraction of sp³-hybridized carbons (Fsp3) is 0.750. The van der Waals surface area contributed by atoms with Crippen LogP contribution in [-0.4, -0.2) is 58.9 Å². The normalized spacial score (nSPS) is 17.3. The summed E-state index contributed by atoms with van der Waals surface area (Å²) in [6, 6.07) is -1.56. The summed E-state index contributed by atoms with van der Waals surface area (Å²) >= 11 is 1.55. The molecule has 1 aliphatic rings. The van der Waals surface area contributed by atoms with Crippen molar-refractivity contribution in [2.24, 2.45) is 5.92 Å². The van der Waals surface area contributed by atoms with E-state index in [1.807, 2.05) is 20.1 Å². The predicted molar refractivity (Wildman–Crippen MR) is 95.1 cm³/mol. The standard InChI is InChI=1S/C16H27N3O5S/c1-10(2)8-12(14(22)19-16(5-6-16)15(23)24)18-13(21)11(17-9-20)4-7-25-3/h9-12H,4-8H2,1-3H3,(H,17,20)(H,18,21)(H,19,22)(H,23,24)/t11-,12-/m0/s1. The molecule has 1 rings (SSSR count). The van der Waals surface area contributed by atoms with Gasteiger partial charge in [0.15, 0.2) is 0 Å². The van der Waals surface area contributed by atoms with Crippen LogP contribution in [0, 0.1) is 5.92 Å². The van der Waals surface area contributed by atoms with Gasteiger partial charge in [0.25, 0.3) is 0 Å². The van der Waals surface area contributed by atoms with Crippen molar-refractivity contribution >= 4 is 36.0 Å². The third-order valence-electron chi connectivity index (χ3n) is 4.06. The van der Waals surface area contributed by atoms with Crippen molar-refractivity contribution in [1.82, 2.24) is 16.0 Å².